The first-order chi connectivity index (χ1) is 20.9. The maximum absolute atomic E-state index is 6.66. The molecule has 4 nitrogen and oxygen atoms in total. The van der Waals surface area contributed by atoms with Crippen molar-refractivity contribution in [2.45, 2.75) is 0 Å². The second-order valence-electron chi connectivity index (χ2n) is 12.0. The molecule has 0 amide bonds. The van der Waals surface area contributed by atoms with Gasteiger partial charge in [0.05, 0.1) is 0 Å². The van der Waals surface area contributed by atoms with Crippen LogP contribution in [0.2, 0.25) is 0 Å². The lowest BCUT2D eigenvalue weighted by Gasteiger charge is -2.53. The van der Waals surface area contributed by atoms with Gasteiger partial charge in [0.25, 0.3) is 6.71 Å². The summed E-state index contributed by atoms with van der Waals surface area (Å²) < 4.78 is 13.3. The number of hydrogen-bond donors (Lipinski definition) is 0. The van der Waals surface area contributed by atoms with Crippen molar-refractivity contribution in [1.82, 2.24) is 0 Å². The maximum atomic E-state index is 6.66. The first-order valence-electron chi connectivity index (χ1n) is 14.6. The molecule has 6 heteroatoms. The molecule has 0 bridgehead atoms. The minimum Gasteiger partial charge on any atom is -0.458 e. The molecule has 0 atom stereocenters. The molecular formula is C36H18B2N2O2. The zero-order chi connectivity index (χ0) is 26.8. The molecule has 6 heterocycles. The van der Waals surface area contributed by atoms with Crippen LogP contribution in [0.25, 0.3) is 22.3 Å². The summed E-state index contributed by atoms with van der Waals surface area (Å²) in [4.78, 5) is 5.10. The molecule has 0 N–H and O–H groups in total. The monoisotopic (exact) mass is 532 g/mol. The third-order valence-corrected chi connectivity index (χ3v) is 10.2. The smallest absolute Gasteiger partial charge is 0.333 e. The Morgan fingerprint density at radius 1 is 0.429 bits per heavy atom. The topological polar surface area (TPSA) is 24.9 Å². The Labute approximate surface area is 242 Å². The molecule has 0 radical (unpaired) electrons. The molecule has 0 aliphatic carbocycles. The van der Waals surface area contributed by atoms with E-state index in [9.17, 15) is 0 Å². The lowest BCUT2D eigenvalue weighted by molar-refractivity contribution is 0.464. The van der Waals surface area contributed by atoms with Crippen molar-refractivity contribution >= 4 is 69.3 Å². The molecule has 0 saturated heterocycles. The number of hydrogen-bond acceptors (Lipinski definition) is 4. The summed E-state index contributed by atoms with van der Waals surface area (Å²) in [6, 6.07) is 39.6. The zero-order valence-electron chi connectivity index (χ0n) is 22.3. The third kappa shape index (κ3) is 2.04. The molecule has 0 spiro atoms. The fourth-order valence-electron chi connectivity index (χ4n) is 8.82. The van der Waals surface area contributed by atoms with Gasteiger partial charge in [-0.25, -0.2) is 0 Å². The summed E-state index contributed by atoms with van der Waals surface area (Å²) in [5, 5.41) is 0. The predicted octanol–water partition coefficient (Wildman–Crippen LogP) is 5.42. The van der Waals surface area contributed by atoms with E-state index in [1.807, 2.05) is 6.07 Å². The van der Waals surface area contributed by atoms with E-state index in [1.54, 1.807) is 0 Å². The van der Waals surface area contributed by atoms with Gasteiger partial charge in [0.2, 0.25) is 0 Å². The van der Waals surface area contributed by atoms with Crippen molar-refractivity contribution in [2.24, 2.45) is 0 Å². The molecule has 0 fully saturated rings. The average molecular weight is 532 g/mol. The Balaban J connectivity index is 1.30. The van der Waals surface area contributed by atoms with Crippen LogP contribution in [0, 0.1) is 0 Å². The van der Waals surface area contributed by atoms with E-state index >= 15 is 0 Å². The van der Waals surface area contributed by atoms with Gasteiger partial charge in [-0.3, -0.25) is 0 Å². The maximum Gasteiger partial charge on any atom is 0.333 e. The molecule has 0 unspecified atom stereocenters. The fourth-order valence-corrected chi connectivity index (χ4v) is 8.82. The zero-order valence-corrected chi connectivity index (χ0v) is 22.3. The first kappa shape index (κ1) is 20.5. The Morgan fingerprint density at radius 3 is 1.57 bits per heavy atom. The largest absolute Gasteiger partial charge is 0.458 e. The molecule has 6 aliphatic heterocycles. The van der Waals surface area contributed by atoms with E-state index in [2.05, 4.69) is 113 Å². The van der Waals surface area contributed by atoms with Crippen LogP contribution in [-0.2, 0) is 0 Å². The standard InChI is InChI=1S/C36H18B2N2O2/c1-2-7-19(8-3-1)39-24-11-4-9-20-22-15-17-28-33-35(22)40-36-23(21-10-5-12-25(39)31(21)38(40)30(20)24)16-18-29-34(36)37(33)32-26(41-28)13-6-14-27(32)42-29/h1-18H. The van der Waals surface area contributed by atoms with Crippen molar-refractivity contribution in [3.05, 3.63) is 109 Å². The number of anilines is 5. The summed E-state index contributed by atoms with van der Waals surface area (Å²) in [6.07, 6.45) is 0. The number of benzene rings is 6. The number of ether oxygens (including phenoxy) is 2. The van der Waals surface area contributed by atoms with Crippen LogP contribution in [0.1, 0.15) is 0 Å². The van der Waals surface area contributed by atoms with E-state index in [4.69, 9.17) is 9.47 Å². The Hall–Kier alpha value is -5.35. The van der Waals surface area contributed by atoms with E-state index in [1.165, 1.54) is 72.5 Å². The molecule has 12 rings (SSSR count). The molecule has 0 aromatic heterocycles. The molecule has 6 aromatic carbocycles. The van der Waals surface area contributed by atoms with E-state index < -0.39 is 0 Å². The van der Waals surface area contributed by atoms with Gasteiger partial charge in [-0.15, -0.1) is 0 Å². The summed E-state index contributed by atoms with van der Waals surface area (Å²) in [5.74, 6) is 3.70. The normalized spacial score (nSPS) is 15.3. The van der Waals surface area contributed by atoms with Gasteiger partial charge in [0.15, 0.2) is 0 Å². The molecule has 6 aliphatic rings. The Bertz CT molecular complexity index is 2160. The second-order valence-corrected chi connectivity index (χ2v) is 12.0. The number of nitrogens with zero attached hydrogens (tertiary/aromatic N) is 2. The molecular weight excluding hydrogens is 514 g/mol. The average Bonchev–Trinajstić information content (AvgIpc) is 3.04. The van der Waals surface area contributed by atoms with Gasteiger partial charge in [-0.05, 0) is 93.6 Å². The van der Waals surface area contributed by atoms with E-state index in [0.717, 1.165) is 28.5 Å². The highest BCUT2D eigenvalue weighted by atomic mass is 16.5. The summed E-state index contributed by atoms with van der Waals surface area (Å²) in [6.45, 7) is 0.128. The highest BCUT2D eigenvalue weighted by Gasteiger charge is 2.56. The Kier molecular flexibility index (Phi) is 3.21. The van der Waals surface area contributed by atoms with Crippen molar-refractivity contribution < 1.29 is 9.47 Å². The van der Waals surface area contributed by atoms with Gasteiger partial charge >= 0.3 is 6.85 Å². The summed E-state index contributed by atoms with van der Waals surface area (Å²) >= 11 is 0. The Morgan fingerprint density at radius 2 is 0.976 bits per heavy atom. The van der Waals surface area contributed by atoms with Crippen molar-refractivity contribution in [1.29, 1.82) is 0 Å². The number of rotatable bonds is 1. The van der Waals surface area contributed by atoms with Crippen LogP contribution in [0.4, 0.5) is 28.4 Å². The van der Waals surface area contributed by atoms with E-state index in [0.29, 0.717) is 0 Å². The first-order valence-corrected chi connectivity index (χ1v) is 14.6. The van der Waals surface area contributed by atoms with Gasteiger partial charge in [0.1, 0.15) is 23.0 Å². The summed E-state index contributed by atoms with van der Waals surface area (Å²) in [5.41, 5.74) is 17.8. The predicted molar refractivity (Wildman–Crippen MR) is 170 cm³/mol. The van der Waals surface area contributed by atoms with Crippen LogP contribution in [0.3, 0.4) is 0 Å². The van der Waals surface area contributed by atoms with Gasteiger partial charge in [-0.1, -0.05) is 48.5 Å². The SMILES string of the molecule is c1ccc(N2c3cccc4c3B3c5c(cccc52)-c2ccc5c6c2N3c2c-4ccc3c2B6c2c(cccc2O5)O3)cc1. The van der Waals surface area contributed by atoms with Crippen molar-refractivity contribution in [3.63, 3.8) is 0 Å². The van der Waals surface area contributed by atoms with Crippen molar-refractivity contribution in [2.75, 3.05) is 9.71 Å². The molecule has 6 aromatic rings. The minimum absolute atomic E-state index is 0.0554. The summed E-state index contributed by atoms with van der Waals surface area (Å²) in [7, 11) is 0. The van der Waals surface area contributed by atoms with Gasteiger partial charge in [-0.2, -0.15) is 0 Å². The molecule has 0 saturated carbocycles. The highest BCUT2D eigenvalue weighted by Crippen LogP contribution is 2.54. The minimum atomic E-state index is 0.0554. The lowest BCUT2D eigenvalue weighted by Crippen LogP contribution is -2.70. The van der Waals surface area contributed by atoms with Gasteiger partial charge < -0.3 is 19.2 Å². The third-order valence-electron chi connectivity index (χ3n) is 10.2. The van der Waals surface area contributed by atoms with Gasteiger partial charge in [0, 0.05) is 45.0 Å². The quantitative estimate of drug-likeness (QED) is 0.264. The number of fused-ring (bicyclic) bond motifs is 2. The van der Waals surface area contributed by atoms with Crippen LogP contribution in [0.5, 0.6) is 23.0 Å². The van der Waals surface area contributed by atoms with E-state index in [-0.39, 0.29) is 13.6 Å². The molecule has 190 valence electrons. The van der Waals surface area contributed by atoms with Crippen LogP contribution >= 0.6 is 0 Å². The molecule has 42 heavy (non-hydrogen) atoms. The van der Waals surface area contributed by atoms with Crippen LogP contribution in [0.15, 0.2) is 109 Å². The van der Waals surface area contributed by atoms with Crippen LogP contribution < -0.4 is 46.5 Å². The van der Waals surface area contributed by atoms with Crippen molar-refractivity contribution in [3.8, 4) is 45.3 Å². The fraction of sp³-hybridized carbons (Fsp3) is 0. The second kappa shape index (κ2) is 6.58. The number of para-hydroxylation sites is 1. The highest BCUT2D eigenvalue weighted by molar-refractivity contribution is 7.04. The van der Waals surface area contributed by atoms with Crippen LogP contribution in [-0.4, -0.2) is 13.6 Å². The lowest BCUT2D eigenvalue weighted by atomic mass is 9.30.